The van der Waals surface area contributed by atoms with Crippen molar-refractivity contribution in [2.75, 3.05) is 14.2 Å². The normalized spacial score (nSPS) is 10.9. The van der Waals surface area contributed by atoms with Gasteiger partial charge < -0.3 is 14.4 Å². The Morgan fingerprint density at radius 1 is 1.17 bits per heavy atom. The van der Waals surface area contributed by atoms with Gasteiger partial charge in [-0.25, -0.2) is 13.8 Å². The van der Waals surface area contributed by atoms with Crippen LogP contribution in [0.25, 0.3) is 10.6 Å². The predicted molar refractivity (Wildman–Crippen MR) is 112 cm³/mol. The Bertz CT molecular complexity index is 1050. The van der Waals surface area contributed by atoms with Crippen molar-refractivity contribution in [2.24, 2.45) is 0 Å². The largest absolute Gasteiger partial charge is 0.493 e. The van der Waals surface area contributed by atoms with Gasteiger partial charge in [0.15, 0.2) is 11.5 Å². The molecule has 0 atom stereocenters. The number of aromatic nitrogens is 1. The number of carbonyl (C=O) groups excluding carboxylic acids is 1. The Labute approximate surface area is 177 Å². The minimum absolute atomic E-state index is 0.0714. The summed E-state index contributed by atoms with van der Waals surface area (Å²) in [7, 11) is 3.23. The Morgan fingerprint density at radius 2 is 1.93 bits per heavy atom. The second-order valence-electron chi connectivity index (χ2n) is 6.94. The maximum Gasteiger partial charge on any atom is 0.273 e. The number of nitrogens with zero attached hydrogens (tertiary/aromatic N) is 2. The molecule has 0 saturated carbocycles. The minimum atomic E-state index is -0.543. The molecule has 1 amide bonds. The number of hydrogen-bond donors (Lipinski definition) is 0. The molecule has 0 fully saturated rings. The van der Waals surface area contributed by atoms with E-state index in [-0.39, 0.29) is 24.1 Å². The van der Waals surface area contributed by atoms with Gasteiger partial charge in [-0.2, -0.15) is 0 Å². The Hall–Kier alpha value is -3.00. The lowest BCUT2D eigenvalue weighted by Crippen LogP contribution is -2.33. The van der Waals surface area contributed by atoms with Crippen LogP contribution in [-0.2, 0) is 6.61 Å². The van der Waals surface area contributed by atoms with Crippen molar-refractivity contribution in [3.05, 3.63) is 64.7 Å². The van der Waals surface area contributed by atoms with E-state index in [0.717, 1.165) is 23.8 Å². The molecule has 0 unspecified atom stereocenters. The molecule has 0 radical (unpaired) electrons. The number of halogens is 2. The van der Waals surface area contributed by atoms with Crippen LogP contribution in [0.2, 0.25) is 0 Å². The SMILES string of the molecule is COc1cc(-c2nc(C(=O)N(C)C(C)C)cs2)ccc1OCc1cc(F)ccc1F. The summed E-state index contributed by atoms with van der Waals surface area (Å²) in [5.41, 5.74) is 1.25. The number of carbonyl (C=O) groups is 1. The summed E-state index contributed by atoms with van der Waals surface area (Å²) in [5.74, 6) is -0.409. The van der Waals surface area contributed by atoms with Crippen LogP contribution in [-0.4, -0.2) is 36.0 Å². The van der Waals surface area contributed by atoms with Gasteiger partial charge in [0.25, 0.3) is 5.91 Å². The van der Waals surface area contributed by atoms with Crippen LogP contribution in [0.3, 0.4) is 0 Å². The lowest BCUT2D eigenvalue weighted by Gasteiger charge is -2.20. The molecule has 0 aliphatic heterocycles. The average Bonchev–Trinajstić information content (AvgIpc) is 3.23. The van der Waals surface area contributed by atoms with E-state index in [4.69, 9.17) is 9.47 Å². The van der Waals surface area contributed by atoms with Crippen LogP contribution in [0.5, 0.6) is 11.5 Å². The minimum Gasteiger partial charge on any atom is -0.493 e. The average molecular weight is 432 g/mol. The number of amides is 1. The molecule has 8 heteroatoms. The first kappa shape index (κ1) is 21.7. The van der Waals surface area contributed by atoms with Crippen molar-refractivity contribution in [1.82, 2.24) is 9.88 Å². The second kappa shape index (κ2) is 9.21. The molecule has 0 aliphatic rings. The third kappa shape index (κ3) is 4.76. The van der Waals surface area contributed by atoms with Gasteiger partial charge >= 0.3 is 0 Å². The first-order valence-corrected chi connectivity index (χ1v) is 10.2. The number of thiazole rings is 1. The van der Waals surface area contributed by atoms with Crippen molar-refractivity contribution in [3.63, 3.8) is 0 Å². The fraction of sp³-hybridized carbons (Fsp3) is 0.273. The molecule has 0 bridgehead atoms. The third-order valence-corrected chi connectivity index (χ3v) is 5.51. The molecule has 30 heavy (non-hydrogen) atoms. The van der Waals surface area contributed by atoms with E-state index in [9.17, 15) is 13.6 Å². The third-order valence-electron chi connectivity index (χ3n) is 4.62. The summed E-state index contributed by atoms with van der Waals surface area (Å²) in [4.78, 5) is 18.5. The summed E-state index contributed by atoms with van der Waals surface area (Å²) >= 11 is 1.35. The Kier molecular flexibility index (Phi) is 6.66. The molecule has 1 aromatic heterocycles. The first-order chi connectivity index (χ1) is 14.3. The molecule has 0 aliphatic carbocycles. The number of rotatable bonds is 7. The van der Waals surface area contributed by atoms with Gasteiger partial charge in [-0.05, 0) is 50.2 Å². The second-order valence-corrected chi connectivity index (χ2v) is 7.80. The number of ether oxygens (including phenoxy) is 2. The van der Waals surface area contributed by atoms with Gasteiger partial charge in [0.05, 0.1) is 7.11 Å². The summed E-state index contributed by atoms with van der Waals surface area (Å²) in [6.07, 6.45) is 0. The van der Waals surface area contributed by atoms with Crippen LogP contribution in [0.15, 0.2) is 41.8 Å². The number of hydrogen-bond acceptors (Lipinski definition) is 5. The van der Waals surface area contributed by atoms with Crippen molar-refractivity contribution < 1.29 is 23.0 Å². The standard InChI is InChI=1S/C22H22F2N2O3S/c1-13(2)26(3)22(27)18-12-30-21(25-18)14-5-8-19(20(10-14)28-4)29-11-15-9-16(23)6-7-17(15)24/h5-10,12-13H,11H2,1-4H3. The van der Waals surface area contributed by atoms with Gasteiger partial charge in [0.2, 0.25) is 0 Å². The number of benzene rings is 2. The molecule has 5 nitrogen and oxygen atoms in total. The highest BCUT2D eigenvalue weighted by molar-refractivity contribution is 7.13. The monoisotopic (exact) mass is 432 g/mol. The zero-order chi connectivity index (χ0) is 21.8. The van der Waals surface area contributed by atoms with Gasteiger partial charge in [-0.3, -0.25) is 4.79 Å². The topological polar surface area (TPSA) is 51.7 Å². The quantitative estimate of drug-likeness (QED) is 0.518. The lowest BCUT2D eigenvalue weighted by atomic mass is 10.2. The summed E-state index contributed by atoms with van der Waals surface area (Å²) in [6.45, 7) is 3.73. The summed E-state index contributed by atoms with van der Waals surface area (Å²) in [6, 6.07) is 8.47. The lowest BCUT2D eigenvalue weighted by molar-refractivity contribution is 0.0750. The predicted octanol–water partition coefficient (Wildman–Crippen LogP) is 5.16. The van der Waals surface area contributed by atoms with Crippen molar-refractivity contribution in [2.45, 2.75) is 26.5 Å². The van der Waals surface area contributed by atoms with Crippen LogP contribution in [0.1, 0.15) is 29.9 Å². The van der Waals surface area contributed by atoms with E-state index < -0.39 is 11.6 Å². The van der Waals surface area contributed by atoms with Crippen LogP contribution in [0.4, 0.5) is 8.78 Å². The Morgan fingerprint density at radius 3 is 2.63 bits per heavy atom. The molecular formula is C22H22F2N2O3S. The van der Waals surface area contributed by atoms with Gasteiger partial charge in [0.1, 0.15) is 28.9 Å². The van der Waals surface area contributed by atoms with Crippen molar-refractivity contribution >= 4 is 17.2 Å². The fourth-order valence-corrected chi connectivity index (χ4v) is 3.44. The number of methoxy groups -OCH3 is 1. The van der Waals surface area contributed by atoms with E-state index in [2.05, 4.69) is 4.98 Å². The highest BCUT2D eigenvalue weighted by Crippen LogP contribution is 2.34. The van der Waals surface area contributed by atoms with Crippen LogP contribution >= 0.6 is 11.3 Å². The fourth-order valence-electron chi connectivity index (χ4n) is 2.65. The van der Waals surface area contributed by atoms with Gasteiger partial charge in [-0.15, -0.1) is 11.3 Å². The molecule has 0 spiro atoms. The molecule has 0 N–H and O–H groups in total. The summed E-state index contributed by atoms with van der Waals surface area (Å²) < 4.78 is 38.1. The molecule has 3 aromatic rings. The highest BCUT2D eigenvalue weighted by Gasteiger charge is 2.19. The van der Waals surface area contributed by atoms with Crippen molar-refractivity contribution in [1.29, 1.82) is 0 Å². The molecule has 1 heterocycles. The molecular weight excluding hydrogens is 410 g/mol. The van der Waals surface area contributed by atoms with Crippen molar-refractivity contribution in [3.8, 4) is 22.1 Å². The summed E-state index contributed by atoms with van der Waals surface area (Å²) in [5, 5.41) is 2.39. The molecule has 3 rings (SSSR count). The van der Waals surface area contributed by atoms with E-state index in [1.54, 1.807) is 35.5 Å². The van der Waals surface area contributed by atoms with E-state index in [0.29, 0.717) is 22.2 Å². The zero-order valence-corrected chi connectivity index (χ0v) is 17.9. The van der Waals surface area contributed by atoms with Crippen LogP contribution < -0.4 is 9.47 Å². The van der Waals surface area contributed by atoms with Gasteiger partial charge in [0, 0.05) is 29.6 Å². The van der Waals surface area contributed by atoms with E-state index >= 15 is 0 Å². The maximum absolute atomic E-state index is 13.8. The zero-order valence-electron chi connectivity index (χ0n) is 17.1. The Balaban J connectivity index is 1.79. The highest BCUT2D eigenvalue weighted by atomic mass is 32.1. The molecule has 0 saturated heterocycles. The van der Waals surface area contributed by atoms with Gasteiger partial charge in [-0.1, -0.05) is 0 Å². The van der Waals surface area contributed by atoms with Crippen LogP contribution in [0, 0.1) is 11.6 Å². The molecule has 2 aromatic carbocycles. The smallest absolute Gasteiger partial charge is 0.273 e. The first-order valence-electron chi connectivity index (χ1n) is 9.28. The molecule has 158 valence electrons. The van der Waals surface area contributed by atoms with E-state index in [1.165, 1.54) is 18.4 Å². The van der Waals surface area contributed by atoms with E-state index in [1.807, 2.05) is 13.8 Å². The maximum atomic E-state index is 13.8.